The molecule has 3 nitrogen and oxygen atoms in total. The number of aliphatic carboxylic acids is 1. The van der Waals surface area contributed by atoms with Gasteiger partial charge in [0.25, 0.3) is 0 Å². The monoisotopic (exact) mass is 379 g/mol. The van der Waals surface area contributed by atoms with E-state index in [-0.39, 0.29) is 5.41 Å². The number of rotatable bonds is 18. The predicted octanol–water partition coefficient (Wildman–Crippen LogP) is 6.50. The summed E-state index contributed by atoms with van der Waals surface area (Å²) in [5.74, 6) is 0.359. The molecule has 4 heteroatoms. The van der Waals surface area contributed by atoms with E-state index in [1.165, 1.54) is 77.0 Å². The van der Waals surface area contributed by atoms with Crippen molar-refractivity contribution in [1.82, 2.24) is 5.23 Å². The second-order valence-corrected chi connectivity index (χ2v) is 9.27. The first-order valence-corrected chi connectivity index (χ1v) is 11.5. The van der Waals surface area contributed by atoms with E-state index < -0.39 is 12.0 Å². The molecule has 0 aliphatic carbocycles. The first kappa shape index (κ1) is 26.5. The molecule has 0 amide bonds. The standard InChI is InChI=1S/C23H46BNO2/c1-6-8-10-12-14-16-20(17-15-13-11-9-7-2)19(3)18-23(4,5)21(25-24)22(26)27/h19-21,25H,6-18H2,1-5H3,(H,26,27)/t19?,21-/m1/s1. The molecule has 0 saturated carbocycles. The Bertz CT molecular complexity index is 359. The Hall–Kier alpha value is -0.505. The summed E-state index contributed by atoms with van der Waals surface area (Å²) in [5.41, 5.74) is -0.358. The van der Waals surface area contributed by atoms with Crippen molar-refractivity contribution >= 4 is 14.0 Å². The molecule has 0 aliphatic rings. The lowest BCUT2D eigenvalue weighted by molar-refractivity contribution is -0.142. The van der Waals surface area contributed by atoms with Crippen LogP contribution in [0.25, 0.3) is 0 Å². The summed E-state index contributed by atoms with van der Waals surface area (Å²) in [6.07, 6.45) is 16.7. The number of carboxylic acids is 1. The molecule has 0 bridgehead atoms. The summed E-state index contributed by atoms with van der Waals surface area (Å²) in [6, 6.07) is -0.699. The minimum Gasteiger partial charge on any atom is -0.480 e. The molecule has 0 rings (SSSR count). The maximum atomic E-state index is 11.5. The maximum Gasteiger partial charge on any atom is 0.320 e. The molecule has 0 heterocycles. The molecular formula is C23H46BNO2. The summed E-state index contributed by atoms with van der Waals surface area (Å²) in [5, 5.41) is 12.0. The number of carboxylic acid groups (broad SMARTS) is 1. The van der Waals surface area contributed by atoms with Gasteiger partial charge in [-0.3, -0.25) is 4.79 Å². The molecule has 0 aromatic carbocycles. The molecule has 27 heavy (non-hydrogen) atoms. The molecule has 2 N–H and O–H groups in total. The second-order valence-electron chi connectivity index (χ2n) is 9.27. The predicted molar refractivity (Wildman–Crippen MR) is 118 cm³/mol. The summed E-state index contributed by atoms with van der Waals surface area (Å²) in [6.45, 7) is 10.9. The van der Waals surface area contributed by atoms with Gasteiger partial charge in [0.15, 0.2) is 7.98 Å². The molecule has 0 aromatic heterocycles. The fraction of sp³-hybridized carbons (Fsp3) is 0.957. The van der Waals surface area contributed by atoms with Gasteiger partial charge in [-0.1, -0.05) is 112 Å². The Labute approximate surface area is 170 Å². The number of nitrogens with one attached hydrogen (secondary N) is 1. The Morgan fingerprint density at radius 1 is 0.926 bits per heavy atom. The minimum atomic E-state index is -0.856. The Kier molecular flexibility index (Phi) is 15.1. The van der Waals surface area contributed by atoms with Gasteiger partial charge < -0.3 is 10.3 Å². The number of carbonyl (C=O) groups is 1. The van der Waals surface area contributed by atoms with Crippen LogP contribution >= 0.6 is 0 Å². The zero-order chi connectivity index (χ0) is 20.7. The lowest BCUT2D eigenvalue weighted by Gasteiger charge is -2.36. The van der Waals surface area contributed by atoms with Crippen LogP contribution in [0.5, 0.6) is 0 Å². The van der Waals surface area contributed by atoms with Gasteiger partial charge in [0.2, 0.25) is 0 Å². The van der Waals surface area contributed by atoms with E-state index in [1.807, 2.05) is 13.8 Å². The van der Waals surface area contributed by atoms with Crippen LogP contribution in [-0.4, -0.2) is 25.1 Å². The molecule has 0 aromatic rings. The molecule has 0 spiro atoms. The fourth-order valence-corrected chi connectivity index (χ4v) is 4.48. The van der Waals surface area contributed by atoms with Crippen LogP contribution in [0.15, 0.2) is 0 Å². The van der Waals surface area contributed by atoms with Gasteiger partial charge in [0.1, 0.15) is 6.04 Å². The number of hydrogen-bond acceptors (Lipinski definition) is 2. The third-order valence-corrected chi connectivity index (χ3v) is 6.20. The summed E-state index contributed by atoms with van der Waals surface area (Å²) in [4.78, 5) is 11.5. The summed E-state index contributed by atoms with van der Waals surface area (Å²) >= 11 is 0. The van der Waals surface area contributed by atoms with E-state index in [1.54, 1.807) is 0 Å². The van der Waals surface area contributed by atoms with Crippen LogP contribution in [0, 0.1) is 17.3 Å². The van der Waals surface area contributed by atoms with Gasteiger partial charge in [-0.05, 0) is 23.7 Å². The van der Waals surface area contributed by atoms with Gasteiger partial charge in [0, 0.05) is 0 Å². The third-order valence-electron chi connectivity index (χ3n) is 6.20. The van der Waals surface area contributed by atoms with Crippen molar-refractivity contribution in [3.63, 3.8) is 0 Å². The quantitative estimate of drug-likeness (QED) is 0.211. The van der Waals surface area contributed by atoms with Gasteiger partial charge in [0.05, 0.1) is 0 Å². The van der Waals surface area contributed by atoms with Crippen LogP contribution in [0.2, 0.25) is 0 Å². The third kappa shape index (κ3) is 11.8. The smallest absolute Gasteiger partial charge is 0.320 e. The largest absolute Gasteiger partial charge is 0.480 e. The van der Waals surface area contributed by atoms with Crippen molar-refractivity contribution in [1.29, 1.82) is 0 Å². The Morgan fingerprint density at radius 2 is 1.37 bits per heavy atom. The molecule has 2 atom stereocenters. The molecular weight excluding hydrogens is 333 g/mol. The lowest BCUT2D eigenvalue weighted by atomic mass is 9.71. The van der Waals surface area contributed by atoms with E-state index in [0.717, 1.165) is 6.42 Å². The highest BCUT2D eigenvalue weighted by Crippen LogP contribution is 2.36. The van der Waals surface area contributed by atoms with Crippen LogP contribution in [0.3, 0.4) is 0 Å². The summed E-state index contributed by atoms with van der Waals surface area (Å²) < 4.78 is 0. The molecule has 0 fully saturated rings. The van der Waals surface area contributed by atoms with Crippen molar-refractivity contribution in [3.05, 3.63) is 0 Å². The zero-order valence-electron chi connectivity index (χ0n) is 18.9. The van der Waals surface area contributed by atoms with E-state index in [9.17, 15) is 9.90 Å². The maximum absolute atomic E-state index is 11.5. The molecule has 1 unspecified atom stereocenters. The fourth-order valence-electron chi connectivity index (χ4n) is 4.48. The van der Waals surface area contributed by atoms with Gasteiger partial charge in [-0.2, -0.15) is 0 Å². The molecule has 158 valence electrons. The number of unbranched alkanes of at least 4 members (excludes halogenated alkanes) is 8. The topological polar surface area (TPSA) is 49.3 Å². The highest BCUT2D eigenvalue weighted by atomic mass is 16.4. The van der Waals surface area contributed by atoms with Crippen LogP contribution < -0.4 is 5.23 Å². The SMILES string of the molecule is [B]N[C@H](C(=O)O)C(C)(C)CC(C)C(CCCCCCC)CCCCCCC. The normalized spacial score (nSPS) is 14.4. The molecule has 2 radical (unpaired) electrons. The van der Waals surface area contributed by atoms with Crippen LogP contribution in [0.4, 0.5) is 0 Å². The van der Waals surface area contributed by atoms with Crippen molar-refractivity contribution in [2.24, 2.45) is 17.3 Å². The van der Waals surface area contributed by atoms with E-state index >= 15 is 0 Å². The van der Waals surface area contributed by atoms with E-state index in [2.05, 4.69) is 26.0 Å². The van der Waals surface area contributed by atoms with Crippen molar-refractivity contribution in [2.75, 3.05) is 0 Å². The first-order valence-electron chi connectivity index (χ1n) is 11.5. The highest BCUT2D eigenvalue weighted by Gasteiger charge is 2.36. The average molecular weight is 379 g/mol. The highest BCUT2D eigenvalue weighted by molar-refractivity contribution is 6.06. The first-order chi connectivity index (χ1) is 12.8. The molecule has 0 aliphatic heterocycles. The lowest BCUT2D eigenvalue weighted by Crippen LogP contribution is -2.47. The van der Waals surface area contributed by atoms with Gasteiger partial charge in [-0.25, -0.2) is 0 Å². The summed E-state index contributed by atoms with van der Waals surface area (Å²) in [7, 11) is 5.53. The number of hydrogen-bond donors (Lipinski definition) is 2. The Morgan fingerprint density at radius 3 is 1.74 bits per heavy atom. The zero-order valence-corrected chi connectivity index (χ0v) is 18.9. The van der Waals surface area contributed by atoms with Crippen molar-refractivity contribution in [2.45, 2.75) is 124 Å². The average Bonchev–Trinajstić information content (AvgIpc) is 2.58. The van der Waals surface area contributed by atoms with Crippen molar-refractivity contribution in [3.8, 4) is 0 Å². The van der Waals surface area contributed by atoms with Crippen LogP contribution in [0.1, 0.15) is 118 Å². The van der Waals surface area contributed by atoms with E-state index in [0.29, 0.717) is 11.8 Å². The Balaban J connectivity index is 4.70. The molecule has 0 saturated heterocycles. The second kappa shape index (κ2) is 15.4. The van der Waals surface area contributed by atoms with Gasteiger partial charge >= 0.3 is 5.97 Å². The van der Waals surface area contributed by atoms with Crippen LogP contribution in [-0.2, 0) is 4.79 Å². The van der Waals surface area contributed by atoms with E-state index in [4.69, 9.17) is 7.98 Å². The minimum absolute atomic E-state index is 0.358. The van der Waals surface area contributed by atoms with Crippen molar-refractivity contribution < 1.29 is 9.90 Å². The van der Waals surface area contributed by atoms with Gasteiger partial charge in [-0.15, -0.1) is 0 Å².